The molecule has 3 heterocycles. The van der Waals surface area contributed by atoms with E-state index in [1.54, 1.807) is 23.7 Å². The fraction of sp³-hybridized carbons (Fsp3) is 0.286. The third kappa shape index (κ3) is 4.49. The van der Waals surface area contributed by atoms with Gasteiger partial charge in [-0.1, -0.05) is 22.0 Å². The number of fused-ring (bicyclic) bond motifs is 3. The van der Waals surface area contributed by atoms with Gasteiger partial charge in [-0.2, -0.15) is 0 Å². The Morgan fingerprint density at radius 1 is 1.31 bits per heavy atom. The fourth-order valence-corrected chi connectivity index (χ4v) is 4.82. The van der Waals surface area contributed by atoms with Gasteiger partial charge in [0, 0.05) is 34.2 Å². The standard InChI is InChI=1S/C21H22BrN5OS/c1-26(2)10-3-4-18(28)27-11-9-16-17(12-27)29-21-19(16)20(23-13-24-21)25-15-7-5-14(22)6-8-15/h3-8,13H,9-12H2,1-2H3,(H,23,24,25). The summed E-state index contributed by atoms with van der Waals surface area (Å²) in [6.07, 6.45) is 6.00. The van der Waals surface area contributed by atoms with E-state index in [1.807, 2.05) is 54.2 Å². The van der Waals surface area contributed by atoms with E-state index in [-0.39, 0.29) is 5.91 Å². The van der Waals surface area contributed by atoms with Gasteiger partial charge in [-0.15, -0.1) is 11.3 Å². The molecule has 2 aromatic heterocycles. The smallest absolute Gasteiger partial charge is 0.246 e. The molecular weight excluding hydrogens is 450 g/mol. The van der Waals surface area contributed by atoms with Crippen LogP contribution in [0.15, 0.2) is 47.2 Å². The van der Waals surface area contributed by atoms with Gasteiger partial charge in [0.1, 0.15) is 17.0 Å². The number of benzene rings is 1. The molecule has 3 aromatic rings. The lowest BCUT2D eigenvalue weighted by Crippen LogP contribution is -2.34. The van der Waals surface area contributed by atoms with Crippen molar-refractivity contribution in [1.29, 1.82) is 0 Å². The molecule has 1 amide bonds. The van der Waals surface area contributed by atoms with Gasteiger partial charge in [0.2, 0.25) is 5.91 Å². The van der Waals surface area contributed by atoms with Crippen molar-refractivity contribution in [3.05, 3.63) is 57.7 Å². The van der Waals surface area contributed by atoms with Crippen LogP contribution in [0.5, 0.6) is 0 Å². The van der Waals surface area contributed by atoms with Crippen LogP contribution in [0.4, 0.5) is 11.5 Å². The van der Waals surface area contributed by atoms with E-state index in [9.17, 15) is 4.79 Å². The maximum atomic E-state index is 12.5. The number of amides is 1. The van der Waals surface area contributed by atoms with Crippen LogP contribution in [-0.2, 0) is 17.8 Å². The van der Waals surface area contributed by atoms with E-state index in [4.69, 9.17) is 0 Å². The van der Waals surface area contributed by atoms with Crippen LogP contribution in [-0.4, -0.2) is 52.9 Å². The number of hydrogen-bond donors (Lipinski definition) is 1. The molecule has 0 saturated carbocycles. The van der Waals surface area contributed by atoms with Crippen LogP contribution >= 0.6 is 27.3 Å². The van der Waals surface area contributed by atoms with Gasteiger partial charge >= 0.3 is 0 Å². The third-order valence-electron chi connectivity index (χ3n) is 4.79. The molecule has 0 radical (unpaired) electrons. The Balaban J connectivity index is 1.58. The van der Waals surface area contributed by atoms with Crippen LogP contribution in [0.2, 0.25) is 0 Å². The first-order chi connectivity index (χ1) is 14.0. The Morgan fingerprint density at radius 2 is 2.10 bits per heavy atom. The zero-order valence-electron chi connectivity index (χ0n) is 16.4. The van der Waals surface area contributed by atoms with Crippen molar-refractivity contribution in [3.8, 4) is 0 Å². The average molecular weight is 472 g/mol. The zero-order valence-corrected chi connectivity index (χ0v) is 18.8. The van der Waals surface area contributed by atoms with Crippen molar-refractivity contribution in [2.75, 3.05) is 32.5 Å². The SMILES string of the molecule is CN(C)CC=CC(=O)N1CCc2c(sc3ncnc(Nc4ccc(Br)cc4)c23)C1. The van der Waals surface area contributed by atoms with Gasteiger partial charge < -0.3 is 15.1 Å². The first-order valence-electron chi connectivity index (χ1n) is 9.39. The van der Waals surface area contributed by atoms with Crippen LogP contribution in [0, 0.1) is 0 Å². The van der Waals surface area contributed by atoms with Crippen molar-refractivity contribution >= 4 is 54.9 Å². The van der Waals surface area contributed by atoms with Crippen molar-refractivity contribution in [3.63, 3.8) is 0 Å². The summed E-state index contributed by atoms with van der Waals surface area (Å²) in [5, 5.41) is 4.50. The number of hydrogen-bond acceptors (Lipinski definition) is 6. The number of aromatic nitrogens is 2. The summed E-state index contributed by atoms with van der Waals surface area (Å²) >= 11 is 5.11. The highest BCUT2D eigenvalue weighted by Gasteiger charge is 2.25. The maximum absolute atomic E-state index is 12.5. The number of nitrogens with zero attached hydrogens (tertiary/aromatic N) is 4. The summed E-state index contributed by atoms with van der Waals surface area (Å²) in [6.45, 7) is 2.09. The van der Waals surface area contributed by atoms with Gasteiger partial charge in [-0.3, -0.25) is 4.79 Å². The molecule has 0 fully saturated rings. The lowest BCUT2D eigenvalue weighted by Gasteiger charge is -2.26. The topological polar surface area (TPSA) is 61.4 Å². The van der Waals surface area contributed by atoms with E-state index in [1.165, 1.54) is 10.4 Å². The molecule has 1 aromatic carbocycles. The summed E-state index contributed by atoms with van der Waals surface area (Å²) in [5.41, 5.74) is 2.23. The van der Waals surface area contributed by atoms with Gasteiger partial charge in [0.15, 0.2) is 0 Å². The number of likely N-dealkylation sites (N-methyl/N-ethyl adjacent to an activating group) is 1. The largest absolute Gasteiger partial charge is 0.340 e. The second-order valence-electron chi connectivity index (χ2n) is 7.21. The van der Waals surface area contributed by atoms with E-state index in [0.29, 0.717) is 13.1 Å². The minimum absolute atomic E-state index is 0.0641. The summed E-state index contributed by atoms with van der Waals surface area (Å²) < 4.78 is 1.04. The van der Waals surface area contributed by atoms with Gasteiger partial charge in [-0.05, 0) is 50.3 Å². The lowest BCUT2D eigenvalue weighted by molar-refractivity contribution is -0.126. The molecular formula is C21H22BrN5OS. The highest BCUT2D eigenvalue weighted by Crippen LogP contribution is 2.38. The first kappa shape index (κ1) is 20.0. The minimum Gasteiger partial charge on any atom is -0.340 e. The molecule has 0 atom stereocenters. The maximum Gasteiger partial charge on any atom is 0.246 e. The monoisotopic (exact) mass is 471 g/mol. The quantitative estimate of drug-likeness (QED) is 0.564. The molecule has 1 aliphatic heterocycles. The Labute approximate surface area is 182 Å². The molecule has 1 N–H and O–H groups in total. The van der Waals surface area contributed by atoms with Gasteiger partial charge in [0.05, 0.1) is 11.9 Å². The molecule has 0 bridgehead atoms. The Morgan fingerprint density at radius 3 is 2.86 bits per heavy atom. The second-order valence-corrected chi connectivity index (χ2v) is 9.21. The van der Waals surface area contributed by atoms with Gasteiger partial charge in [-0.25, -0.2) is 9.97 Å². The van der Waals surface area contributed by atoms with E-state index >= 15 is 0 Å². The molecule has 150 valence electrons. The van der Waals surface area contributed by atoms with Crippen molar-refractivity contribution in [2.24, 2.45) is 0 Å². The molecule has 6 nitrogen and oxygen atoms in total. The number of halogens is 1. The van der Waals surface area contributed by atoms with Crippen molar-refractivity contribution in [1.82, 2.24) is 19.8 Å². The van der Waals surface area contributed by atoms with Crippen LogP contribution in [0.25, 0.3) is 10.2 Å². The highest BCUT2D eigenvalue weighted by molar-refractivity contribution is 9.10. The van der Waals surface area contributed by atoms with Crippen LogP contribution in [0.3, 0.4) is 0 Å². The zero-order chi connectivity index (χ0) is 20.4. The van der Waals surface area contributed by atoms with E-state index in [2.05, 4.69) is 31.2 Å². The van der Waals surface area contributed by atoms with Gasteiger partial charge in [0.25, 0.3) is 0 Å². The Hall–Kier alpha value is -2.29. The fourth-order valence-electron chi connectivity index (χ4n) is 3.35. The predicted octanol–water partition coefficient (Wildman–Crippen LogP) is 4.20. The second kappa shape index (κ2) is 8.61. The molecule has 0 aliphatic carbocycles. The number of carbonyl (C=O) groups is 1. The number of thiophene rings is 1. The number of nitrogens with one attached hydrogen (secondary N) is 1. The summed E-state index contributed by atoms with van der Waals surface area (Å²) in [6, 6.07) is 8.02. The van der Waals surface area contributed by atoms with E-state index in [0.717, 1.165) is 39.2 Å². The summed E-state index contributed by atoms with van der Waals surface area (Å²) in [4.78, 5) is 27.6. The van der Waals surface area contributed by atoms with Crippen LogP contribution in [0.1, 0.15) is 10.4 Å². The summed E-state index contributed by atoms with van der Waals surface area (Å²) in [7, 11) is 3.97. The van der Waals surface area contributed by atoms with E-state index < -0.39 is 0 Å². The minimum atomic E-state index is 0.0641. The molecule has 8 heteroatoms. The Kier molecular flexibility index (Phi) is 5.94. The lowest BCUT2D eigenvalue weighted by atomic mass is 10.0. The molecule has 0 unspecified atom stereocenters. The van der Waals surface area contributed by atoms with Crippen molar-refractivity contribution < 1.29 is 4.79 Å². The highest BCUT2D eigenvalue weighted by atomic mass is 79.9. The molecule has 0 saturated heterocycles. The predicted molar refractivity (Wildman–Crippen MR) is 122 cm³/mol. The third-order valence-corrected chi connectivity index (χ3v) is 6.44. The molecule has 29 heavy (non-hydrogen) atoms. The van der Waals surface area contributed by atoms with Crippen molar-refractivity contribution in [2.45, 2.75) is 13.0 Å². The number of rotatable bonds is 5. The van der Waals surface area contributed by atoms with Crippen LogP contribution < -0.4 is 5.32 Å². The molecule has 4 rings (SSSR count). The average Bonchev–Trinajstić information content (AvgIpc) is 3.08. The normalized spacial score (nSPS) is 14.0. The number of carbonyl (C=O) groups excluding carboxylic acids is 1. The molecule has 0 spiro atoms. The first-order valence-corrected chi connectivity index (χ1v) is 11.0. The molecule has 1 aliphatic rings. The summed E-state index contributed by atoms with van der Waals surface area (Å²) in [5.74, 6) is 0.884. The number of anilines is 2. The Bertz CT molecular complexity index is 1060.